The smallest absolute Gasteiger partial charge is 0.241 e. The maximum Gasteiger partial charge on any atom is 0.241 e. The van der Waals surface area contributed by atoms with Crippen molar-refractivity contribution in [3.63, 3.8) is 0 Å². The van der Waals surface area contributed by atoms with Gasteiger partial charge in [0.2, 0.25) is 15.9 Å². The van der Waals surface area contributed by atoms with Crippen molar-refractivity contribution >= 4 is 33.2 Å². The highest BCUT2D eigenvalue weighted by Gasteiger charge is 2.23. The van der Waals surface area contributed by atoms with Gasteiger partial charge in [-0.05, 0) is 49.1 Å². The lowest BCUT2D eigenvalue weighted by atomic mass is 10.1. The molecule has 5 nitrogen and oxygen atoms in total. The van der Waals surface area contributed by atoms with Crippen molar-refractivity contribution in [3.8, 4) is 0 Å². The van der Waals surface area contributed by atoms with E-state index in [4.69, 9.17) is 11.6 Å². The summed E-state index contributed by atoms with van der Waals surface area (Å²) in [6.45, 7) is 5.42. The SMILES string of the molecule is CCc1ccc(C(C)NC(=O)CN(c2cc(Cl)ccc2C)S(C)(=O)=O)cc1. The Labute approximate surface area is 166 Å². The fourth-order valence-electron chi connectivity index (χ4n) is 2.78. The summed E-state index contributed by atoms with van der Waals surface area (Å²) in [6.07, 6.45) is 2.02. The third kappa shape index (κ3) is 5.71. The number of hydrogen-bond acceptors (Lipinski definition) is 3. The van der Waals surface area contributed by atoms with Crippen LogP contribution in [-0.2, 0) is 21.2 Å². The van der Waals surface area contributed by atoms with Crippen LogP contribution in [0.1, 0.15) is 36.6 Å². The number of carbonyl (C=O) groups is 1. The van der Waals surface area contributed by atoms with Crippen molar-refractivity contribution in [2.45, 2.75) is 33.2 Å². The average Bonchev–Trinajstić information content (AvgIpc) is 2.61. The number of amides is 1. The van der Waals surface area contributed by atoms with Crippen LogP contribution < -0.4 is 9.62 Å². The molecule has 0 aliphatic carbocycles. The number of aryl methyl sites for hydroxylation is 2. The van der Waals surface area contributed by atoms with E-state index in [1.54, 1.807) is 25.1 Å². The molecule has 2 aromatic rings. The monoisotopic (exact) mass is 408 g/mol. The molecule has 1 atom stereocenters. The van der Waals surface area contributed by atoms with E-state index in [2.05, 4.69) is 12.2 Å². The molecule has 0 bridgehead atoms. The minimum atomic E-state index is -3.65. The number of nitrogens with zero attached hydrogens (tertiary/aromatic N) is 1. The Hall–Kier alpha value is -2.05. The van der Waals surface area contributed by atoms with Gasteiger partial charge in [0.25, 0.3) is 0 Å². The Morgan fingerprint density at radius 3 is 2.37 bits per heavy atom. The van der Waals surface area contributed by atoms with Crippen LogP contribution in [0.4, 0.5) is 5.69 Å². The Bertz CT molecular complexity index is 911. The number of halogens is 1. The van der Waals surface area contributed by atoms with E-state index in [1.807, 2.05) is 31.2 Å². The van der Waals surface area contributed by atoms with Crippen molar-refractivity contribution in [3.05, 3.63) is 64.2 Å². The summed E-state index contributed by atoms with van der Waals surface area (Å²) in [5.41, 5.74) is 3.31. The first-order chi connectivity index (χ1) is 12.6. The van der Waals surface area contributed by atoms with Crippen LogP contribution in [0.3, 0.4) is 0 Å². The number of anilines is 1. The van der Waals surface area contributed by atoms with Crippen LogP contribution in [0.25, 0.3) is 0 Å². The zero-order chi connectivity index (χ0) is 20.2. The zero-order valence-corrected chi connectivity index (χ0v) is 17.6. The normalized spacial score (nSPS) is 12.5. The highest BCUT2D eigenvalue weighted by Crippen LogP contribution is 2.26. The molecule has 27 heavy (non-hydrogen) atoms. The molecule has 0 aliphatic heterocycles. The maximum atomic E-state index is 12.5. The van der Waals surface area contributed by atoms with Gasteiger partial charge in [-0.3, -0.25) is 9.10 Å². The molecule has 0 saturated carbocycles. The lowest BCUT2D eigenvalue weighted by Gasteiger charge is -2.25. The first-order valence-electron chi connectivity index (χ1n) is 8.74. The zero-order valence-electron chi connectivity index (χ0n) is 16.0. The fraction of sp³-hybridized carbons (Fsp3) is 0.350. The van der Waals surface area contributed by atoms with Crippen LogP contribution in [-0.4, -0.2) is 27.1 Å². The molecule has 7 heteroatoms. The molecule has 1 unspecified atom stereocenters. The van der Waals surface area contributed by atoms with Gasteiger partial charge in [-0.15, -0.1) is 0 Å². The van der Waals surface area contributed by atoms with Crippen molar-refractivity contribution in [2.24, 2.45) is 0 Å². The largest absolute Gasteiger partial charge is 0.348 e. The average molecular weight is 409 g/mol. The molecule has 2 rings (SSSR count). The van der Waals surface area contributed by atoms with E-state index in [-0.39, 0.29) is 18.5 Å². The van der Waals surface area contributed by atoms with Gasteiger partial charge in [0.15, 0.2) is 0 Å². The van der Waals surface area contributed by atoms with Gasteiger partial charge in [-0.25, -0.2) is 8.42 Å². The second kappa shape index (κ2) is 8.76. The molecular weight excluding hydrogens is 384 g/mol. The van der Waals surface area contributed by atoms with Crippen molar-refractivity contribution in [2.75, 3.05) is 17.1 Å². The molecule has 1 amide bonds. The molecule has 0 fully saturated rings. The van der Waals surface area contributed by atoms with Gasteiger partial charge in [0.1, 0.15) is 6.54 Å². The number of hydrogen-bond donors (Lipinski definition) is 1. The number of nitrogens with one attached hydrogen (secondary N) is 1. The minimum Gasteiger partial charge on any atom is -0.348 e. The fourth-order valence-corrected chi connectivity index (χ4v) is 3.85. The molecule has 1 N–H and O–H groups in total. The van der Waals surface area contributed by atoms with Crippen LogP contribution in [0, 0.1) is 6.92 Å². The summed E-state index contributed by atoms with van der Waals surface area (Å²) in [7, 11) is -3.65. The molecule has 0 saturated heterocycles. The van der Waals surface area contributed by atoms with Gasteiger partial charge < -0.3 is 5.32 Å². The number of carbonyl (C=O) groups excluding carboxylic acids is 1. The van der Waals surface area contributed by atoms with E-state index in [9.17, 15) is 13.2 Å². The van der Waals surface area contributed by atoms with E-state index in [0.717, 1.165) is 28.1 Å². The first kappa shape index (κ1) is 21.3. The van der Waals surface area contributed by atoms with Crippen LogP contribution in [0.15, 0.2) is 42.5 Å². The maximum absolute atomic E-state index is 12.5. The second-order valence-electron chi connectivity index (χ2n) is 6.58. The lowest BCUT2D eigenvalue weighted by molar-refractivity contribution is -0.120. The topological polar surface area (TPSA) is 66.5 Å². The highest BCUT2D eigenvalue weighted by molar-refractivity contribution is 7.92. The summed E-state index contributed by atoms with van der Waals surface area (Å²) in [6, 6.07) is 12.7. The van der Waals surface area contributed by atoms with E-state index < -0.39 is 10.0 Å². The predicted molar refractivity (Wildman–Crippen MR) is 111 cm³/mol. The Kier molecular flexibility index (Phi) is 6.89. The summed E-state index contributed by atoms with van der Waals surface area (Å²) in [5, 5.41) is 3.27. The summed E-state index contributed by atoms with van der Waals surface area (Å²) in [4.78, 5) is 12.5. The molecule has 146 valence electrons. The molecular formula is C20H25ClN2O3S. The second-order valence-corrected chi connectivity index (χ2v) is 8.93. The highest BCUT2D eigenvalue weighted by atomic mass is 35.5. The molecule has 0 spiro atoms. The molecule has 0 radical (unpaired) electrons. The Morgan fingerprint density at radius 1 is 1.19 bits per heavy atom. The van der Waals surface area contributed by atoms with Crippen molar-refractivity contribution in [1.82, 2.24) is 5.32 Å². The van der Waals surface area contributed by atoms with Crippen LogP contribution in [0.5, 0.6) is 0 Å². The molecule has 0 aromatic heterocycles. The van der Waals surface area contributed by atoms with E-state index in [1.165, 1.54) is 5.56 Å². The molecule has 0 aliphatic rings. The minimum absolute atomic E-state index is 0.231. The van der Waals surface area contributed by atoms with Crippen LogP contribution in [0.2, 0.25) is 5.02 Å². The van der Waals surface area contributed by atoms with Gasteiger partial charge in [-0.1, -0.05) is 48.9 Å². The molecule has 0 heterocycles. The van der Waals surface area contributed by atoms with E-state index in [0.29, 0.717) is 10.7 Å². The summed E-state index contributed by atoms with van der Waals surface area (Å²) < 4.78 is 25.6. The number of sulfonamides is 1. The molecule has 2 aromatic carbocycles. The number of benzene rings is 2. The third-order valence-corrected chi connectivity index (χ3v) is 5.75. The van der Waals surface area contributed by atoms with Crippen molar-refractivity contribution < 1.29 is 13.2 Å². The van der Waals surface area contributed by atoms with Gasteiger partial charge in [0, 0.05) is 5.02 Å². The van der Waals surface area contributed by atoms with Gasteiger partial charge in [-0.2, -0.15) is 0 Å². The van der Waals surface area contributed by atoms with Gasteiger partial charge in [0.05, 0.1) is 18.0 Å². The lowest BCUT2D eigenvalue weighted by Crippen LogP contribution is -2.41. The summed E-state index contributed by atoms with van der Waals surface area (Å²) in [5.74, 6) is -0.383. The predicted octanol–water partition coefficient (Wildman–Crippen LogP) is 3.85. The number of rotatable bonds is 7. The Balaban J connectivity index is 2.17. The van der Waals surface area contributed by atoms with Gasteiger partial charge >= 0.3 is 0 Å². The van der Waals surface area contributed by atoms with E-state index >= 15 is 0 Å². The Morgan fingerprint density at radius 2 is 1.81 bits per heavy atom. The van der Waals surface area contributed by atoms with Crippen LogP contribution >= 0.6 is 11.6 Å². The third-order valence-electron chi connectivity index (χ3n) is 4.39. The van der Waals surface area contributed by atoms with Crippen molar-refractivity contribution in [1.29, 1.82) is 0 Å². The first-order valence-corrected chi connectivity index (χ1v) is 11.0. The summed E-state index contributed by atoms with van der Waals surface area (Å²) >= 11 is 6.01. The standard InChI is InChI=1S/C20H25ClN2O3S/c1-5-16-7-9-17(10-8-16)15(3)22-20(24)13-23(27(4,25)26)19-12-18(21)11-6-14(19)2/h6-12,15H,5,13H2,1-4H3,(H,22,24). The quantitative estimate of drug-likeness (QED) is 0.756.